The van der Waals surface area contributed by atoms with E-state index in [4.69, 9.17) is 10.2 Å². The molecule has 3 N–H and O–H groups in total. The van der Waals surface area contributed by atoms with Gasteiger partial charge >= 0.3 is 0 Å². The number of hydrogen-bond acceptors (Lipinski definition) is 6. The van der Waals surface area contributed by atoms with Gasteiger partial charge in [-0.3, -0.25) is 14.2 Å². The molecule has 2 amide bonds. The Morgan fingerprint density at radius 2 is 2.14 bits per heavy atom. The van der Waals surface area contributed by atoms with Crippen molar-refractivity contribution in [2.24, 2.45) is 5.73 Å². The fourth-order valence-electron chi connectivity index (χ4n) is 2.41. The highest BCUT2D eigenvalue weighted by molar-refractivity contribution is 8.00. The number of thioether (sulfide) groups is 1. The second-order valence-electron chi connectivity index (χ2n) is 5.91. The van der Waals surface area contributed by atoms with E-state index in [1.165, 1.54) is 24.5 Å². The maximum atomic E-state index is 13.3. The smallest absolute Gasteiger partial charge is 0.237 e. The number of carbonyl (C=O) groups excluding carboxylic acids is 2. The molecule has 3 rings (SSSR count). The minimum absolute atomic E-state index is 0.0865. The first-order chi connectivity index (χ1) is 13.4. The number of nitrogens with one attached hydrogen (secondary N) is 1. The van der Waals surface area contributed by atoms with Gasteiger partial charge in [0.05, 0.1) is 11.5 Å². The van der Waals surface area contributed by atoms with Gasteiger partial charge in [0.2, 0.25) is 11.8 Å². The number of anilines is 1. The molecule has 1 aromatic carbocycles. The Morgan fingerprint density at radius 3 is 2.82 bits per heavy atom. The molecule has 146 valence electrons. The normalized spacial score (nSPS) is 11.9. The number of benzene rings is 1. The molecule has 0 aliphatic rings. The molecule has 0 aliphatic carbocycles. The highest BCUT2D eigenvalue weighted by Gasteiger charge is 2.22. The number of nitrogens with zero attached hydrogens (tertiary/aromatic N) is 3. The van der Waals surface area contributed by atoms with Gasteiger partial charge in [-0.05, 0) is 37.3 Å². The van der Waals surface area contributed by atoms with Crippen molar-refractivity contribution in [3.63, 3.8) is 0 Å². The molecular weight excluding hydrogens is 385 g/mol. The maximum absolute atomic E-state index is 13.3. The standard InChI is InChI=1S/C18H18FN5O3S/c1-11(17(26)21-13-5-2-4-12(19)10-13)28-18-23-22-16(14-6-3-9-27-14)24(18)8-7-15(20)25/h2-6,9-11H,7-8H2,1H3,(H2,20,25)(H,21,26)/t11-/m0/s1. The van der Waals surface area contributed by atoms with Crippen LogP contribution in [-0.2, 0) is 16.1 Å². The summed E-state index contributed by atoms with van der Waals surface area (Å²) in [5, 5.41) is 10.8. The largest absolute Gasteiger partial charge is 0.461 e. The molecule has 0 radical (unpaired) electrons. The summed E-state index contributed by atoms with van der Waals surface area (Å²) < 4.78 is 20.3. The van der Waals surface area contributed by atoms with Crippen molar-refractivity contribution in [1.82, 2.24) is 14.8 Å². The van der Waals surface area contributed by atoms with Gasteiger partial charge in [0.25, 0.3) is 0 Å². The van der Waals surface area contributed by atoms with Crippen molar-refractivity contribution in [3.05, 3.63) is 48.5 Å². The molecule has 0 saturated carbocycles. The lowest BCUT2D eigenvalue weighted by molar-refractivity contribution is -0.118. The topological polar surface area (TPSA) is 116 Å². The van der Waals surface area contributed by atoms with E-state index < -0.39 is 17.0 Å². The first-order valence-electron chi connectivity index (χ1n) is 8.42. The van der Waals surface area contributed by atoms with Gasteiger partial charge < -0.3 is 15.5 Å². The summed E-state index contributed by atoms with van der Waals surface area (Å²) in [6.07, 6.45) is 1.59. The van der Waals surface area contributed by atoms with Crippen molar-refractivity contribution in [2.45, 2.75) is 30.3 Å². The third-order valence-corrected chi connectivity index (χ3v) is 4.86. The van der Waals surface area contributed by atoms with Crippen LogP contribution in [0.15, 0.2) is 52.2 Å². The lowest BCUT2D eigenvalue weighted by Gasteiger charge is -2.13. The Kier molecular flexibility index (Phi) is 6.09. The average Bonchev–Trinajstić information content (AvgIpc) is 3.29. The summed E-state index contributed by atoms with van der Waals surface area (Å²) in [5.74, 6) is -0.300. The van der Waals surface area contributed by atoms with Gasteiger partial charge in [-0.25, -0.2) is 4.39 Å². The van der Waals surface area contributed by atoms with Crippen molar-refractivity contribution in [2.75, 3.05) is 5.32 Å². The third-order valence-electron chi connectivity index (χ3n) is 3.78. The molecule has 2 heterocycles. The number of aromatic nitrogens is 3. The number of furan rings is 1. The summed E-state index contributed by atoms with van der Waals surface area (Å²) in [6.45, 7) is 1.94. The molecule has 0 aliphatic heterocycles. The average molecular weight is 403 g/mol. The first kappa shape index (κ1) is 19.6. The van der Waals surface area contributed by atoms with Gasteiger partial charge in [0, 0.05) is 18.7 Å². The maximum Gasteiger partial charge on any atom is 0.237 e. The van der Waals surface area contributed by atoms with E-state index in [1.54, 1.807) is 29.7 Å². The number of nitrogens with two attached hydrogens (primary N) is 1. The molecular formula is C18H18FN5O3S. The van der Waals surface area contributed by atoms with Crippen LogP contribution in [0, 0.1) is 5.82 Å². The van der Waals surface area contributed by atoms with Gasteiger partial charge in [-0.15, -0.1) is 10.2 Å². The molecule has 10 heteroatoms. The molecule has 2 aromatic heterocycles. The van der Waals surface area contributed by atoms with Gasteiger partial charge in [0.1, 0.15) is 5.82 Å². The van der Waals surface area contributed by atoms with Crippen molar-refractivity contribution < 1.29 is 18.4 Å². The van der Waals surface area contributed by atoms with Gasteiger partial charge in [0.15, 0.2) is 16.7 Å². The lowest BCUT2D eigenvalue weighted by Crippen LogP contribution is -2.23. The second kappa shape index (κ2) is 8.70. The van der Waals surface area contributed by atoms with E-state index in [1.807, 2.05) is 0 Å². The number of halogens is 1. The number of carbonyl (C=O) groups is 2. The quantitative estimate of drug-likeness (QED) is 0.559. The van der Waals surface area contributed by atoms with Crippen LogP contribution in [0.1, 0.15) is 13.3 Å². The van der Waals surface area contributed by atoms with E-state index >= 15 is 0 Å². The first-order valence-corrected chi connectivity index (χ1v) is 9.30. The second-order valence-corrected chi connectivity index (χ2v) is 7.22. The predicted octanol–water partition coefficient (Wildman–Crippen LogP) is 2.67. The molecule has 1 atom stereocenters. The summed E-state index contributed by atoms with van der Waals surface area (Å²) in [7, 11) is 0. The summed E-state index contributed by atoms with van der Waals surface area (Å²) in [4.78, 5) is 23.6. The number of amides is 2. The van der Waals surface area contributed by atoms with Crippen LogP contribution in [-0.4, -0.2) is 31.8 Å². The summed E-state index contributed by atoms with van der Waals surface area (Å²) >= 11 is 1.16. The Hall–Kier alpha value is -3.14. The number of hydrogen-bond donors (Lipinski definition) is 2. The molecule has 28 heavy (non-hydrogen) atoms. The van der Waals surface area contributed by atoms with Crippen LogP contribution < -0.4 is 11.1 Å². The van der Waals surface area contributed by atoms with Crippen LogP contribution >= 0.6 is 11.8 Å². The number of primary amides is 1. The zero-order valence-corrected chi connectivity index (χ0v) is 15.8. The summed E-state index contributed by atoms with van der Waals surface area (Å²) in [5.41, 5.74) is 5.62. The van der Waals surface area contributed by atoms with Gasteiger partial charge in [-0.1, -0.05) is 17.8 Å². The van der Waals surface area contributed by atoms with E-state index in [0.29, 0.717) is 22.4 Å². The van der Waals surface area contributed by atoms with E-state index in [-0.39, 0.29) is 18.9 Å². The Morgan fingerprint density at radius 1 is 1.32 bits per heavy atom. The monoisotopic (exact) mass is 403 g/mol. The van der Waals surface area contributed by atoms with E-state index in [9.17, 15) is 14.0 Å². The Balaban J connectivity index is 1.76. The van der Waals surface area contributed by atoms with E-state index in [0.717, 1.165) is 11.8 Å². The minimum atomic E-state index is -0.552. The van der Waals surface area contributed by atoms with Crippen LogP contribution in [0.2, 0.25) is 0 Å². The van der Waals surface area contributed by atoms with Gasteiger partial charge in [-0.2, -0.15) is 0 Å². The van der Waals surface area contributed by atoms with Crippen molar-refractivity contribution in [3.8, 4) is 11.6 Å². The molecule has 8 nitrogen and oxygen atoms in total. The molecule has 3 aromatic rings. The summed E-state index contributed by atoms with van der Waals surface area (Å²) in [6, 6.07) is 9.08. The highest BCUT2D eigenvalue weighted by atomic mass is 32.2. The molecule has 0 unspecified atom stereocenters. The van der Waals surface area contributed by atoms with Crippen LogP contribution in [0.3, 0.4) is 0 Å². The third kappa shape index (κ3) is 4.77. The zero-order valence-electron chi connectivity index (χ0n) is 15.0. The molecule has 0 bridgehead atoms. The van der Waals surface area contributed by atoms with Crippen molar-refractivity contribution in [1.29, 1.82) is 0 Å². The lowest BCUT2D eigenvalue weighted by atomic mass is 10.3. The fraction of sp³-hybridized carbons (Fsp3) is 0.222. The molecule has 0 spiro atoms. The van der Waals surface area contributed by atoms with Crippen LogP contribution in [0.4, 0.5) is 10.1 Å². The predicted molar refractivity (Wildman–Crippen MR) is 102 cm³/mol. The molecule has 0 saturated heterocycles. The van der Waals surface area contributed by atoms with Crippen LogP contribution in [0.25, 0.3) is 11.6 Å². The SMILES string of the molecule is C[C@H](Sc1nnc(-c2ccco2)n1CCC(N)=O)C(=O)Nc1cccc(F)c1. The Labute approximate surface area is 164 Å². The van der Waals surface area contributed by atoms with Crippen molar-refractivity contribution >= 4 is 29.3 Å². The van der Waals surface area contributed by atoms with Crippen LogP contribution in [0.5, 0.6) is 0 Å². The zero-order chi connectivity index (χ0) is 20.1. The minimum Gasteiger partial charge on any atom is -0.461 e. The number of rotatable bonds is 8. The fourth-order valence-corrected chi connectivity index (χ4v) is 3.28. The molecule has 0 fully saturated rings. The highest BCUT2D eigenvalue weighted by Crippen LogP contribution is 2.28. The Bertz CT molecular complexity index is 974. The van der Waals surface area contributed by atoms with E-state index in [2.05, 4.69) is 15.5 Å².